The molecule has 3 nitrogen and oxygen atoms in total. The molecule has 3 heteroatoms. The number of hydrogen-bond donors (Lipinski definition) is 2. The summed E-state index contributed by atoms with van der Waals surface area (Å²) in [4.78, 5) is 4.00. The van der Waals surface area contributed by atoms with Crippen LogP contribution in [-0.2, 0) is 0 Å². The Hall–Kier alpha value is -1.09. The fourth-order valence-electron chi connectivity index (χ4n) is 1.17. The van der Waals surface area contributed by atoms with E-state index in [0.717, 1.165) is 12.1 Å². The molecule has 0 aromatic carbocycles. The molecule has 0 spiro atoms. The number of aliphatic hydroxyl groups is 1. The molecule has 1 aromatic rings. The van der Waals surface area contributed by atoms with Gasteiger partial charge in [0.15, 0.2) is 0 Å². The Balaban J connectivity index is 2.58. The van der Waals surface area contributed by atoms with Crippen LogP contribution in [0.4, 0.5) is 5.69 Å². The van der Waals surface area contributed by atoms with Crippen molar-refractivity contribution in [2.75, 3.05) is 11.9 Å². The number of hydrogen-bond acceptors (Lipinski definition) is 3. The minimum atomic E-state index is -0.0855. The molecule has 0 aliphatic rings. The highest BCUT2D eigenvalue weighted by Gasteiger charge is 2.15. The second-order valence-electron chi connectivity index (χ2n) is 3.72. The molecule has 13 heavy (non-hydrogen) atoms. The van der Waals surface area contributed by atoms with Crippen molar-refractivity contribution in [3.63, 3.8) is 0 Å². The predicted molar refractivity (Wildman–Crippen MR) is 53.6 cm³/mol. The maximum Gasteiger partial charge on any atom is 0.0530 e. The summed E-state index contributed by atoms with van der Waals surface area (Å²) in [7, 11) is 0. The lowest BCUT2D eigenvalue weighted by molar-refractivity contribution is 0.261. The van der Waals surface area contributed by atoms with Crippen LogP contribution in [0.15, 0.2) is 24.5 Å². The van der Waals surface area contributed by atoms with Gasteiger partial charge in [-0.3, -0.25) is 4.98 Å². The Morgan fingerprint density at radius 2 is 2.31 bits per heavy atom. The van der Waals surface area contributed by atoms with E-state index in [-0.39, 0.29) is 12.1 Å². The molecule has 0 aliphatic carbocycles. The summed E-state index contributed by atoms with van der Waals surface area (Å²) < 4.78 is 0. The third-order valence-electron chi connectivity index (χ3n) is 1.88. The predicted octanol–water partition coefficient (Wildman–Crippen LogP) is 1.65. The summed E-state index contributed by atoms with van der Waals surface area (Å²) in [6, 6.07) is 3.85. The smallest absolute Gasteiger partial charge is 0.0530 e. The van der Waals surface area contributed by atoms with E-state index in [1.54, 1.807) is 12.4 Å². The largest absolute Gasteiger partial charge is 0.396 e. The zero-order chi connectivity index (χ0) is 9.73. The van der Waals surface area contributed by atoms with Crippen molar-refractivity contribution in [3.05, 3.63) is 24.5 Å². The van der Waals surface area contributed by atoms with Crippen LogP contribution >= 0.6 is 0 Å². The van der Waals surface area contributed by atoms with Crippen LogP contribution in [0.25, 0.3) is 0 Å². The van der Waals surface area contributed by atoms with Crippen molar-refractivity contribution in [2.24, 2.45) is 0 Å². The van der Waals surface area contributed by atoms with Crippen LogP contribution in [0.1, 0.15) is 20.3 Å². The highest BCUT2D eigenvalue weighted by Crippen LogP contribution is 2.16. The first-order chi connectivity index (χ1) is 6.14. The molecule has 0 radical (unpaired) electrons. The first-order valence-corrected chi connectivity index (χ1v) is 4.43. The maximum absolute atomic E-state index is 8.82. The normalized spacial score (nSPS) is 11.3. The van der Waals surface area contributed by atoms with Crippen molar-refractivity contribution in [3.8, 4) is 0 Å². The average molecular weight is 180 g/mol. The van der Waals surface area contributed by atoms with Crippen LogP contribution in [0, 0.1) is 0 Å². The molecule has 1 rings (SSSR count). The van der Waals surface area contributed by atoms with E-state index in [1.165, 1.54) is 0 Å². The molecule has 0 fully saturated rings. The van der Waals surface area contributed by atoms with Crippen LogP contribution in [0.2, 0.25) is 0 Å². The van der Waals surface area contributed by atoms with Gasteiger partial charge < -0.3 is 10.4 Å². The Morgan fingerprint density at radius 3 is 2.85 bits per heavy atom. The number of nitrogens with one attached hydrogen (secondary N) is 1. The first kappa shape index (κ1) is 9.99. The van der Waals surface area contributed by atoms with Gasteiger partial charge in [0.05, 0.1) is 5.69 Å². The van der Waals surface area contributed by atoms with Crippen molar-refractivity contribution in [2.45, 2.75) is 25.8 Å². The molecule has 1 aromatic heterocycles. The lowest BCUT2D eigenvalue weighted by Gasteiger charge is -2.26. The third kappa shape index (κ3) is 3.42. The molecule has 2 N–H and O–H groups in total. The number of rotatable bonds is 4. The van der Waals surface area contributed by atoms with E-state index in [2.05, 4.69) is 24.1 Å². The number of aromatic nitrogens is 1. The molecule has 0 saturated heterocycles. The number of nitrogens with zero attached hydrogens (tertiary/aromatic N) is 1. The number of pyridine rings is 1. The van der Waals surface area contributed by atoms with Gasteiger partial charge in [-0.2, -0.15) is 0 Å². The monoisotopic (exact) mass is 180 g/mol. The van der Waals surface area contributed by atoms with Gasteiger partial charge in [-0.25, -0.2) is 0 Å². The van der Waals surface area contributed by atoms with E-state index in [9.17, 15) is 0 Å². The highest BCUT2D eigenvalue weighted by atomic mass is 16.3. The van der Waals surface area contributed by atoms with Gasteiger partial charge in [-0.05, 0) is 32.4 Å². The summed E-state index contributed by atoms with van der Waals surface area (Å²) in [5.74, 6) is 0. The molecular formula is C10H16N2O. The second kappa shape index (κ2) is 4.23. The second-order valence-corrected chi connectivity index (χ2v) is 3.72. The van der Waals surface area contributed by atoms with Gasteiger partial charge in [0, 0.05) is 24.5 Å². The number of anilines is 1. The minimum absolute atomic E-state index is 0.0855. The van der Waals surface area contributed by atoms with Crippen molar-refractivity contribution < 1.29 is 5.11 Å². The lowest BCUT2D eigenvalue weighted by Crippen LogP contribution is -2.31. The van der Waals surface area contributed by atoms with E-state index >= 15 is 0 Å². The summed E-state index contributed by atoms with van der Waals surface area (Å²) >= 11 is 0. The SMILES string of the molecule is CC(C)(CCO)Nc1cccnc1. The van der Waals surface area contributed by atoms with Gasteiger partial charge in [0.1, 0.15) is 0 Å². The van der Waals surface area contributed by atoms with Gasteiger partial charge in [0.2, 0.25) is 0 Å². The maximum atomic E-state index is 8.82. The standard InChI is InChI=1S/C10H16N2O/c1-10(2,5-7-13)12-9-4-3-6-11-8-9/h3-4,6,8,12-13H,5,7H2,1-2H3. The topological polar surface area (TPSA) is 45.1 Å². The Labute approximate surface area is 78.8 Å². The molecule has 1 heterocycles. The van der Waals surface area contributed by atoms with Crippen molar-refractivity contribution in [1.82, 2.24) is 4.98 Å². The lowest BCUT2D eigenvalue weighted by atomic mass is 10.0. The van der Waals surface area contributed by atoms with Crippen molar-refractivity contribution >= 4 is 5.69 Å². The first-order valence-electron chi connectivity index (χ1n) is 4.43. The molecule has 0 aliphatic heterocycles. The summed E-state index contributed by atoms with van der Waals surface area (Å²) in [6.07, 6.45) is 4.24. The molecule has 0 saturated carbocycles. The van der Waals surface area contributed by atoms with E-state index in [4.69, 9.17) is 5.11 Å². The summed E-state index contributed by atoms with van der Waals surface area (Å²) in [5, 5.41) is 12.1. The summed E-state index contributed by atoms with van der Waals surface area (Å²) in [6.45, 7) is 4.30. The Kier molecular flexibility index (Phi) is 3.25. The van der Waals surface area contributed by atoms with Gasteiger partial charge in [-0.1, -0.05) is 0 Å². The van der Waals surface area contributed by atoms with Crippen LogP contribution in [-0.4, -0.2) is 22.2 Å². The zero-order valence-corrected chi connectivity index (χ0v) is 8.12. The molecule has 0 amide bonds. The minimum Gasteiger partial charge on any atom is -0.396 e. The van der Waals surface area contributed by atoms with Crippen LogP contribution < -0.4 is 5.32 Å². The quantitative estimate of drug-likeness (QED) is 0.740. The fraction of sp³-hybridized carbons (Fsp3) is 0.500. The molecule has 0 bridgehead atoms. The van der Waals surface area contributed by atoms with Gasteiger partial charge >= 0.3 is 0 Å². The van der Waals surface area contributed by atoms with Crippen LogP contribution in [0.3, 0.4) is 0 Å². The van der Waals surface area contributed by atoms with Crippen molar-refractivity contribution in [1.29, 1.82) is 0 Å². The molecular weight excluding hydrogens is 164 g/mol. The van der Waals surface area contributed by atoms with E-state index in [1.807, 2.05) is 12.1 Å². The van der Waals surface area contributed by atoms with Gasteiger partial charge in [0.25, 0.3) is 0 Å². The molecule has 0 atom stereocenters. The van der Waals surface area contributed by atoms with E-state index < -0.39 is 0 Å². The molecule has 0 unspecified atom stereocenters. The van der Waals surface area contributed by atoms with Crippen LogP contribution in [0.5, 0.6) is 0 Å². The highest BCUT2D eigenvalue weighted by molar-refractivity contribution is 5.42. The fourth-order valence-corrected chi connectivity index (χ4v) is 1.17. The third-order valence-corrected chi connectivity index (χ3v) is 1.88. The Morgan fingerprint density at radius 1 is 1.54 bits per heavy atom. The number of aliphatic hydroxyl groups excluding tert-OH is 1. The Bertz CT molecular complexity index is 246. The summed E-state index contributed by atoms with van der Waals surface area (Å²) in [5.41, 5.74) is 0.901. The molecule has 72 valence electrons. The zero-order valence-electron chi connectivity index (χ0n) is 8.12. The van der Waals surface area contributed by atoms with Gasteiger partial charge in [-0.15, -0.1) is 0 Å². The average Bonchev–Trinajstić information content (AvgIpc) is 2.04. The van der Waals surface area contributed by atoms with E-state index in [0.29, 0.717) is 0 Å².